The van der Waals surface area contributed by atoms with Crippen LogP contribution in [0.1, 0.15) is 12.5 Å². The highest BCUT2D eigenvalue weighted by atomic mass is 16.2. The molecule has 1 aromatic heterocycles. The Morgan fingerprint density at radius 1 is 1.41 bits per heavy atom. The minimum Gasteiger partial charge on any atom is -0.373 e. The molecule has 0 atom stereocenters. The molecular formula is C11H19N5O. The number of rotatable bonds is 5. The van der Waals surface area contributed by atoms with E-state index in [1.165, 1.54) is 6.33 Å². The Morgan fingerprint density at radius 2 is 2.06 bits per heavy atom. The standard InChI is InChI=1S/C11H19N5O/c1-5-16(4)9(17)6-13-11-8(2)10(12-3)14-7-15-11/h7H,5-6H2,1-4H3,(H2,12,13,14,15). The lowest BCUT2D eigenvalue weighted by Crippen LogP contribution is -2.32. The molecule has 0 fully saturated rings. The molecule has 0 aliphatic heterocycles. The van der Waals surface area contributed by atoms with Crippen LogP contribution < -0.4 is 10.6 Å². The summed E-state index contributed by atoms with van der Waals surface area (Å²) in [5.41, 5.74) is 0.905. The fraction of sp³-hybridized carbons (Fsp3) is 0.545. The predicted molar refractivity (Wildman–Crippen MR) is 68.1 cm³/mol. The van der Waals surface area contributed by atoms with Gasteiger partial charge in [0.15, 0.2) is 0 Å². The van der Waals surface area contributed by atoms with Crippen LogP contribution in [0.3, 0.4) is 0 Å². The first-order chi connectivity index (χ1) is 8.10. The number of anilines is 2. The van der Waals surface area contributed by atoms with Crippen molar-refractivity contribution in [2.45, 2.75) is 13.8 Å². The van der Waals surface area contributed by atoms with Gasteiger partial charge in [-0.3, -0.25) is 4.79 Å². The van der Waals surface area contributed by atoms with Crippen molar-refractivity contribution in [1.82, 2.24) is 14.9 Å². The smallest absolute Gasteiger partial charge is 0.241 e. The van der Waals surface area contributed by atoms with Crippen LogP contribution in [0.25, 0.3) is 0 Å². The summed E-state index contributed by atoms with van der Waals surface area (Å²) in [7, 11) is 3.57. The van der Waals surface area contributed by atoms with E-state index < -0.39 is 0 Å². The zero-order chi connectivity index (χ0) is 12.8. The summed E-state index contributed by atoms with van der Waals surface area (Å²) in [6, 6.07) is 0. The van der Waals surface area contributed by atoms with Crippen molar-refractivity contribution >= 4 is 17.5 Å². The molecular weight excluding hydrogens is 218 g/mol. The van der Waals surface area contributed by atoms with Crippen molar-refractivity contribution in [3.8, 4) is 0 Å². The molecule has 6 heteroatoms. The molecule has 1 amide bonds. The van der Waals surface area contributed by atoms with Gasteiger partial charge in [-0.25, -0.2) is 9.97 Å². The number of carbonyl (C=O) groups is 1. The van der Waals surface area contributed by atoms with Gasteiger partial charge in [0.1, 0.15) is 18.0 Å². The van der Waals surface area contributed by atoms with Crippen LogP contribution in [0.5, 0.6) is 0 Å². The molecule has 2 N–H and O–H groups in total. The van der Waals surface area contributed by atoms with E-state index in [4.69, 9.17) is 0 Å². The summed E-state index contributed by atoms with van der Waals surface area (Å²) in [5.74, 6) is 1.48. The third kappa shape index (κ3) is 3.30. The van der Waals surface area contributed by atoms with Crippen molar-refractivity contribution in [3.05, 3.63) is 11.9 Å². The third-order valence-corrected chi connectivity index (χ3v) is 2.63. The maximum absolute atomic E-state index is 11.6. The van der Waals surface area contributed by atoms with Gasteiger partial charge < -0.3 is 15.5 Å². The second-order valence-electron chi connectivity index (χ2n) is 3.71. The SMILES string of the molecule is CCN(C)C(=O)CNc1ncnc(NC)c1C. The average molecular weight is 237 g/mol. The van der Waals surface area contributed by atoms with Crippen molar-refractivity contribution in [1.29, 1.82) is 0 Å². The number of aromatic nitrogens is 2. The Bertz CT molecular complexity index is 393. The van der Waals surface area contributed by atoms with Gasteiger partial charge in [-0.2, -0.15) is 0 Å². The molecule has 94 valence electrons. The minimum absolute atomic E-state index is 0.0384. The molecule has 6 nitrogen and oxygen atoms in total. The molecule has 1 heterocycles. The van der Waals surface area contributed by atoms with Crippen LogP contribution in [0.4, 0.5) is 11.6 Å². The van der Waals surface area contributed by atoms with Gasteiger partial charge in [0, 0.05) is 26.2 Å². The van der Waals surface area contributed by atoms with Crippen LogP contribution in [-0.4, -0.2) is 48.0 Å². The maximum Gasteiger partial charge on any atom is 0.241 e. The summed E-state index contributed by atoms with van der Waals surface area (Å²) < 4.78 is 0. The Balaban J connectivity index is 2.67. The molecule has 0 radical (unpaired) electrons. The van der Waals surface area contributed by atoms with E-state index in [0.717, 1.165) is 11.4 Å². The van der Waals surface area contributed by atoms with Gasteiger partial charge in [-0.1, -0.05) is 0 Å². The molecule has 1 aromatic rings. The third-order valence-electron chi connectivity index (χ3n) is 2.63. The van der Waals surface area contributed by atoms with Crippen molar-refractivity contribution in [2.24, 2.45) is 0 Å². The van der Waals surface area contributed by atoms with Crippen molar-refractivity contribution in [3.63, 3.8) is 0 Å². The van der Waals surface area contributed by atoms with E-state index >= 15 is 0 Å². The zero-order valence-corrected chi connectivity index (χ0v) is 10.7. The van der Waals surface area contributed by atoms with Crippen molar-refractivity contribution in [2.75, 3.05) is 37.8 Å². The summed E-state index contributed by atoms with van der Waals surface area (Å²) in [6.45, 7) is 4.78. The molecule has 0 saturated heterocycles. The minimum atomic E-state index is 0.0384. The number of nitrogens with zero attached hydrogens (tertiary/aromatic N) is 3. The highest BCUT2D eigenvalue weighted by Crippen LogP contribution is 2.16. The Kier molecular flexibility index (Phi) is 4.68. The summed E-state index contributed by atoms with van der Waals surface area (Å²) >= 11 is 0. The van der Waals surface area contributed by atoms with Crippen molar-refractivity contribution < 1.29 is 4.79 Å². The van der Waals surface area contributed by atoms with Gasteiger partial charge in [-0.05, 0) is 13.8 Å². The van der Waals surface area contributed by atoms with E-state index in [1.54, 1.807) is 19.0 Å². The Hall–Kier alpha value is -1.85. The fourth-order valence-corrected chi connectivity index (χ4v) is 1.35. The van der Waals surface area contributed by atoms with E-state index in [-0.39, 0.29) is 12.5 Å². The number of carbonyl (C=O) groups excluding carboxylic acids is 1. The number of likely N-dealkylation sites (N-methyl/N-ethyl adjacent to an activating group) is 1. The number of hydrogen-bond acceptors (Lipinski definition) is 5. The highest BCUT2D eigenvalue weighted by Gasteiger charge is 2.09. The summed E-state index contributed by atoms with van der Waals surface area (Å²) in [6.07, 6.45) is 1.47. The van der Waals surface area contributed by atoms with Crippen LogP contribution in [0.15, 0.2) is 6.33 Å². The summed E-state index contributed by atoms with van der Waals surface area (Å²) in [5, 5.41) is 5.99. The number of amides is 1. The second-order valence-corrected chi connectivity index (χ2v) is 3.71. The molecule has 0 spiro atoms. The van der Waals surface area contributed by atoms with Gasteiger partial charge >= 0.3 is 0 Å². The topological polar surface area (TPSA) is 70.2 Å². The quantitative estimate of drug-likeness (QED) is 0.789. The first-order valence-electron chi connectivity index (χ1n) is 5.57. The monoisotopic (exact) mass is 237 g/mol. The molecule has 17 heavy (non-hydrogen) atoms. The van der Waals surface area contributed by atoms with Crippen LogP contribution in [0.2, 0.25) is 0 Å². The first kappa shape index (κ1) is 13.2. The van der Waals surface area contributed by atoms with E-state index in [1.807, 2.05) is 13.8 Å². The molecule has 0 unspecified atom stereocenters. The Labute approximate surface area is 101 Å². The molecule has 0 aliphatic carbocycles. The lowest BCUT2D eigenvalue weighted by molar-refractivity contribution is -0.127. The predicted octanol–water partition coefficient (Wildman–Crippen LogP) is 0.717. The second kappa shape index (κ2) is 6.03. The highest BCUT2D eigenvalue weighted by molar-refractivity contribution is 5.80. The van der Waals surface area contributed by atoms with Crippen LogP contribution in [-0.2, 0) is 4.79 Å². The molecule has 0 aliphatic rings. The largest absolute Gasteiger partial charge is 0.373 e. The van der Waals surface area contributed by atoms with E-state index in [2.05, 4.69) is 20.6 Å². The molecule has 1 rings (SSSR count). The average Bonchev–Trinajstić information content (AvgIpc) is 2.36. The van der Waals surface area contributed by atoms with E-state index in [9.17, 15) is 4.79 Å². The molecule has 0 bridgehead atoms. The zero-order valence-electron chi connectivity index (χ0n) is 10.7. The van der Waals surface area contributed by atoms with Gasteiger partial charge in [0.05, 0.1) is 6.54 Å². The first-order valence-corrected chi connectivity index (χ1v) is 5.57. The fourth-order valence-electron chi connectivity index (χ4n) is 1.35. The normalized spacial score (nSPS) is 9.88. The van der Waals surface area contributed by atoms with Crippen LogP contribution in [0, 0.1) is 6.92 Å². The number of hydrogen-bond donors (Lipinski definition) is 2. The number of nitrogens with one attached hydrogen (secondary N) is 2. The lowest BCUT2D eigenvalue weighted by atomic mass is 10.3. The van der Waals surface area contributed by atoms with E-state index in [0.29, 0.717) is 12.4 Å². The maximum atomic E-state index is 11.6. The summed E-state index contributed by atoms with van der Waals surface area (Å²) in [4.78, 5) is 21.5. The van der Waals surface area contributed by atoms with Gasteiger partial charge in [0.2, 0.25) is 5.91 Å². The Morgan fingerprint density at radius 3 is 2.65 bits per heavy atom. The van der Waals surface area contributed by atoms with Gasteiger partial charge in [-0.15, -0.1) is 0 Å². The molecule has 0 saturated carbocycles. The molecule has 0 aromatic carbocycles. The van der Waals surface area contributed by atoms with Crippen LogP contribution >= 0.6 is 0 Å². The lowest BCUT2D eigenvalue weighted by Gasteiger charge is -2.16. The van der Waals surface area contributed by atoms with Gasteiger partial charge in [0.25, 0.3) is 0 Å².